The summed E-state index contributed by atoms with van der Waals surface area (Å²) in [4.78, 5) is 0. The largest absolute Gasteiger partial charge is 0.416 e. The molecule has 0 saturated heterocycles. The fourth-order valence-electron chi connectivity index (χ4n) is 9.16. The summed E-state index contributed by atoms with van der Waals surface area (Å²) in [7, 11) is 0. The number of fused-ring (bicyclic) bond motifs is 1. The Kier molecular flexibility index (Phi) is 15.8. The molecule has 0 N–H and O–H groups in total. The summed E-state index contributed by atoms with van der Waals surface area (Å²) in [5, 5.41) is 2.57. The minimum absolute atomic E-state index is 0.691. The third-order valence-electron chi connectivity index (χ3n) is 12.6. The molecular weight excluding hydrogens is 1130 g/mol. The van der Waals surface area contributed by atoms with Crippen LogP contribution in [-0.4, -0.2) is 6.15 Å². The maximum absolute atomic E-state index is 14.2. The van der Waals surface area contributed by atoms with Crippen LogP contribution >= 0.6 is 0 Å². The lowest BCUT2D eigenvalue weighted by Crippen LogP contribution is -2.75. The van der Waals surface area contributed by atoms with Gasteiger partial charge in [0.25, 0.3) is 0 Å². The van der Waals surface area contributed by atoms with Crippen LogP contribution in [0.5, 0.6) is 0 Å². The van der Waals surface area contributed by atoms with Crippen molar-refractivity contribution < 1.29 is 110 Å². The van der Waals surface area contributed by atoms with Crippen molar-refractivity contribution in [3.05, 3.63) is 220 Å². The van der Waals surface area contributed by atoms with Crippen molar-refractivity contribution in [3.63, 3.8) is 0 Å². The Labute approximate surface area is 435 Å². The Morgan fingerprint density at radius 2 is 0.575 bits per heavy atom. The molecule has 1 aromatic heterocycles. The van der Waals surface area contributed by atoms with Crippen LogP contribution in [-0.2, 0) is 56.0 Å². The predicted molar refractivity (Wildman–Crippen MR) is 245 cm³/mol. The molecule has 0 aliphatic rings. The second-order valence-electron chi connectivity index (χ2n) is 17.9. The average molecular weight is 1160 g/mol. The van der Waals surface area contributed by atoms with Crippen molar-refractivity contribution >= 4 is 38.8 Å². The first-order chi connectivity index (χ1) is 36.7. The van der Waals surface area contributed by atoms with Gasteiger partial charge in [0.15, 0.2) is 12.7 Å². The van der Waals surface area contributed by atoms with Crippen molar-refractivity contribution in [1.82, 2.24) is 0 Å². The molecule has 422 valence electrons. The van der Waals surface area contributed by atoms with E-state index in [-0.39, 0.29) is 0 Å². The van der Waals surface area contributed by atoms with Gasteiger partial charge in [0.05, 0.1) is 50.1 Å². The van der Waals surface area contributed by atoms with E-state index in [4.69, 9.17) is 0 Å². The van der Waals surface area contributed by atoms with Gasteiger partial charge in [0, 0.05) is 17.7 Å². The van der Waals surface area contributed by atoms with E-state index >= 15 is 0 Å². The van der Waals surface area contributed by atoms with Gasteiger partial charge in [-0.05, 0) is 47.2 Å². The molecule has 0 radical (unpaired) electrons. The van der Waals surface area contributed by atoms with E-state index in [1.807, 2.05) is 0 Å². The van der Waals surface area contributed by atoms with Gasteiger partial charge in [-0.1, -0.05) is 115 Å². The van der Waals surface area contributed by atoms with Crippen molar-refractivity contribution in [1.29, 1.82) is 0 Å². The summed E-state index contributed by atoms with van der Waals surface area (Å²) in [6.45, 7) is 0.875. The number of benzene rings is 7. The quantitative estimate of drug-likeness (QED) is 0.0851. The van der Waals surface area contributed by atoms with Gasteiger partial charge in [0.2, 0.25) is 5.69 Å². The minimum atomic E-state index is -6.13. The molecule has 26 heteroatoms. The van der Waals surface area contributed by atoms with E-state index in [0.717, 1.165) is 6.54 Å². The third-order valence-corrected chi connectivity index (χ3v) is 12.6. The predicted octanol–water partition coefficient (Wildman–Crippen LogP) is 16.1. The number of hydrogen-bond donors (Lipinski definition) is 0. The molecule has 1 nitrogen and oxygen atoms in total. The number of aromatic nitrogens is 1. The lowest BCUT2D eigenvalue weighted by Gasteiger charge is -2.46. The van der Waals surface area contributed by atoms with Crippen LogP contribution in [0.4, 0.5) is 105 Å². The lowest BCUT2D eigenvalue weighted by molar-refractivity contribution is -0.677. The second kappa shape index (κ2) is 21.1. The highest BCUT2D eigenvalue weighted by Gasteiger charge is 2.47. The molecule has 0 atom stereocenters. The Morgan fingerprint density at radius 1 is 0.287 bits per heavy atom. The second-order valence-corrected chi connectivity index (χ2v) is 17.9. The number of rotatable bonds is 7. The highest BCUT2D eigenvalue weighted by molar-refractivity contribution is 7.20. The molecule has 0 aliphatic heterocycles. The van der Waals surface area contributed by atoms with Gasteiger partial charge < -0.3 is 0 Å². The topological polar surface area (TPSA) is 3.88 Å². The van der Waals surface area contributed by atoms with E-state index in [1.165, 1.54) is 27.6 Å². The summed E-state index contributed by atoms with van der Waals surface area (Å²) >= 11 is 0. The number of hydrogen-bond acceptors (Lipinski definition) is 0. The zero-order valence-corrected chi connectivity index (χ0v) is 39.5. The Hall–Kier alpha value is -7.67. The number of pyridine rings is 1. The van der Waals surface area contributed by atoms with E-state index in [9.17, 15) is 105 Å². The van der Waals surface area contributed by atoms with Gasteiger partial charge in [-0.15, -0.1) is 0 Å². The highest BCUT2D eigenvalue weighted by Crippen LogP contribution is 2.42. The molecule has 0 amide bonds. The molecule has 0 aliphatic carbocycles. The summed E-state index contributed by atoms with van der Waals surface area (Å²) in [6, 6.07) is 23.3. The summed E-state index contributed by atoms with van der Waals surface area (Å²) in [6.07, 6.45) is -52.6. The lowest BCUT2D eigenvalue weighted by atomic mass is 9.12. The minimum Gasteiger partial charge on any atom is -0.194 e. The summed E-state index contributed by atoms with van der Waals surface area (Å²) < 4.78 is 343. The van der Waals surface area contributed by atoms with Crippen molar-refractivity contribution in [2.75, 3.05) is 0 Å². The number of halogens is 24. The highest BCUT2D eigenvalue weighted by atomic mass is 19.4. The van der Waals surface area contributed by atoms with Crippen LogP contribution in [0.15, 0.2) is 170 Å². The molecule has 1 heterocycles. The van der Waals surface area contributed by atoms with Crippen LogP contribution < -0.4 is 26.4 Å². The molecule has 0 saturated carbocycles. The first-order valence-corrected chi connectivity index (χ1v) is 22.5. The Morgan fingerprint density at radius 3 is 0.900 bits per heavy atom. The molecule has 0 unspecified atom stereocenters. The van der Waals surface area contributed by atoms with Crippen molar-refractivity contribution in [2.24, 2.45) is 0 Å². The first-order valence-electron chi connectivity index (χ1n) is 22.5. The maximum atomic E-state index is 14.2. The van der Waals surface area contributed by atoms with Crippen molar-refractivity contribution in [3.8, 4) is 11.3 Å². The number of nitrogens with zero attached hydrogens (tertiary/aromatic N) is 1. The maximum Gasteiger partial charge on any atom is 0.416 e. The molecule has 7 aromatic carbocycles. The normalized spacial score (nSPS) is 13.3. The van der Waals surface area contributed by atoms with Gasteiger partial charge in [0.1, 0.15) is 6.15 Å². The number of alkyl halides is 24. The molecule has 8 rings (SSSR count). The Balaban J connectivity index is 0.000000329. The van der Waals surface area contributed by atoms with Gasteiger partial charge in [-0.3, -0.25) is 0 Å². The molecule has 0 bridgehead atoms. The molecule has 0 spiro atoms. The van der Waals surface area contributed by atoms with Gasteiger partial charge in [-0.2, -0.15) is 132 Å². The van der Waals surface area contributed by atoms with Gasteiger partial charge in [-0.25, -0.2) is 0 Å². The molecule has 8 aromatic rings. The van der Waals surface area contributed by atoms with E-state index in [0.29, 0.717) is 0 Å². The zero-order valence-electron chi connectivity index (χ0n) is 39.5. The first kappa shape index (κ1) is 60.0. The van der Waals surface area contributed by atoms with Crippen LogP contribution in [0.1, 0.15) is 50.1 Å². The SMILES string of the molecule is FC(F)(F)c1cc([B-](c2cc(C(F)(F)F)cc(C(F)(F)F)c2)(c2cc(C(F)(F)F)cc(C(F)(F)F)c2)c2cc(C(F)(F)F)cc(C(F)(F)F)c2)cc(C(F)(F)F)c1.c1ccc(C[n+]2ccccc2-c2cccc3ccccc23)cc1. The zero-order chi connectivity index (χ0) is 59.4. The fourth-order valence-corrected chi connectivity index (χ4v) is 9.16. The molecule has 80 heavy (non-hydrogen) atoms. The van der Waals surface area contributed by atoms with Gasteiger partial charge >= 0.3 is 49.4 Å². The molecule has 0 fully saturated rings. The van der Waals surface area contributed by atoms with E-state index < -0.39 is 195 Å². The van der Waals surface area contributed by atoms with Crippen LogP contribution in [0.25, 0.3) is 22.0 Å². The standard InChI is InChI=1S/C32H12BF24.C22H18N/c34-25(35,36)13-1-14(26(37,38)39)6-21(5-13)33(22-7-15(27(40,41)42)2-16(8-22)28(43,44)45,23-9-17(29(46,47)48)3-18(10-23)30(49,50)51)24-11-19(31(52,53)54)4-20(12-24)32(55,56)57;1-2-9-18(10-3-1)17-23-16-7-6-15-22(23)21-14-8-12-19-11-4-5-13-20(19)21/h1-12H;1-16H,17H2/q-1;+1. The monoisotopic (exact) mass is 1160 g/mol. The van der Waals surface area contributed by atoms with E-state index in [1.54, 1.807) is 0 Å². The third kappa shape index (κ3) is 13.2. The van der Waals surface area contributed by atoms with Crippen LogP contribution in [0.2, 0.25) is 0 Å². The summed E-state index contributed by atoms with van der Waals surface area (Å²) in [5.74, 6) is 0. The van der Waals surface area contributed by atoms with Crippen LogP contribution in [0, 0.1) is 0 Å². The smallest absolute Gasteiger partial charge is 0.194 e. The fraction of sp³-hybridized carbons (Fsp3) is 0.167. The Bertz CT molecular complexity index is 3080. The molecular formula is C54H30BF24N. The average Bonchev–Trinajstić information content (AvgIpc) is 3.35. The summed E-state index contributed by atoms with van der Waals surface area (Å²) in [5.41, 5.74) is -26.4. The van der Waals surface area contributed by atoms with Crippen LogP contribution in [0.3, 0.4) is 0 Å². The van der Waals surface area contributed by atoms with E-state index in [2.05, 4.69) is 102 Å². The van der Waals surface area contributed by atoms with Crippen molar-refractivity contribution in [2.45, 2.75) is 56.0 Å².